The van der Waals surface area contributed by atoms with E-state index < -0.39 is 5.97 Å². The molecule has 2 rings (SSSR count). The molecule has 0 aliphatic carbocycles. The first kappa shape index (κ1) is 13.0. The van der Waals surface area contributed by atoms with Gasteiger partial charge in [-0.1, -0.05) is 23.2 Å². The molecule has 0 amide bonds. The van der Waals surface area contributed by atoms with E-state index in [0.717, 1.165) is 24.7 Å². The van der Waals surface area contributed by atoms with Gasteiger partial charge < -0.3 is 9.67 Å². The van der Waals surface area contributed by atoms with Crippen molar-refractivity contribution < 1.29 is 9.90 Å². The van der Waals surface area contributed by atoms with Crippen molar-refractivity contribution in [3.63, 3.8) is 0 Å². The number of rotatable bonds is 6. The van der Waals surface area contributed by atoms with Gasteiger partial charge in [-0.3, -0.25) is 4.79 Å². The highest BCUT2D eigenvalue weighted by Crippen LogP contribution is 2.23. The second kappa shape index (κ2) is 5.91. The lowest BCUT2D eigenvalue weighted by Crippen LogP contribution is -2.04. The maximum Gasteiger partial charge on any atom is 0.313 e. The molecule has 0 atom stereocenters. The van der Waals surface area contributed by atoms with Gasteiger partial charge in [0.05, 0.1) is 5.75 Å². The number of thioether (sulfide) groups is 1. The summed E-state index contributed by atoms with van der Waals surface area (Å²) < 4.78 is 5.67. The van der Waals surface area contributed by atoms with Crippen LogP contribution in [0.3, 0.4) is 0 Å². The second-order valence-electron chi connectivity index (χ2n) is 3.43. The minimum absolute atomic E-state index is 0.0306. The predicted molar refractivity (Wildman–Crippen MR) is 67.6 cm³/mol. The van der Waals surface area contributed by atoms with E-state index >= 15 is 0 Å². The van der Waals surface area contributed by atoms with Gasteiger partial charge in [-0.15, -0.1) is 15.3 Å². The Kier molecular flexibility index (Phi) is 4.26. The number of carboxylic acids is 1. The number of hydrogen-bond acceptors (Lipinski definition) is 7. The third kappa shape index (κ3) is 2.85. The molecule has 96 valence electrons. The third-order valence-electron chi connectivity index (χ3n) is 2.08. The summed E-state index contributed by atoms with van der Waals surface area (Å²) in [6, 6.07) is 0. The SMILES string of the molecule is CCCn1c(SCC(=O)O)nnc1-c1csnn1. The molecule has 0 spiro atoms. The molecule has 0 aliphatic rings. The highest BCUT2D eigenvalue weighted by molar-refractivity contribution is 7.99. The van der Waals surface area contributed by atoms with Gasteiger partial charge in [-0.2, -0.15) is 0 Å². The van der Waals surface area contributed by atoms with Gasteiger partial charge in [0.25, 0.3) is 0 Å². The Morgan fingerprint density at radius 2 is 2.33 bits per heavy atom. The van der Waals surface area contributed by atoms with Crippen LogP contribution in [0.1, 0.15) is 13.3 Å². The van der Waals surface area contributed by atoms with Crippen molar-refractivity contribution >= 4 is 29.3 Å². The molecule has 0 aromatic carbocycles. The fraction of sp³-hybridized carbons (Fsp3) is 0.444. The lowest BCUT2D eigenvalue weighted by atomic mass is 10.4. The van der Waals surface area contributed by atoms with Crippen LogP contribution in [0.2, 0.25) is 0 Å². The van der Waals surface area contributed by atoms with Crippen LogP contribution in [-0.4, -0.2) is 41.2 Å². The molecular weight excluding hydrogens is 274 g/mol. The lowest BCUT2D eigenvalue weighted by Gasteiger charge is -2.05. The number of carbonyl (C=O) groups is 1. The molecule has 0 aliphatic heterocycles. The zero-order valence-electron chi connectivity index (χ0n) is 9.61. The van der Waals surface area contributed by atoms with Gasteiger partial charge in [0, 0.05) is 11.9 Å². The minimum atomic E-state index is -0.872. The maximum absolute atomic E-state index is 10.6. The molecular formula is C9H11N5O2S2. The molecule has 7 nitrogen and oxygen atoms in total. The van der Waals surface area contributed by atoms with Crippen molar-refractivity contribution in [3.8, 4) is 11.5 Å². The van der Waals surface area contributed by atoms with E-state index in [1.54, 1.807) is 5.38 Å². The van der Waals surface area contributed by atoms with E-state index in [9.17, 15) is 4.79 Å². The summed E-state index contributed by atoms with van der Waals surface area (Å²) in [4.78, 5) is 10.6. The first-order chi connectivity index (χ1) is 8.72. The molecule has 2 heterocycles. The summed E-state index contributed by atoms with van der Waals surface area (Å²) in [5.74, 6) is -0.265. The van der Waals surface area contributed by atoms with Crippen LogP contribution >= 0.6 is 23.3 Å². The molecule has 2 aromatic rings. The van der Waals surface area contributed by atoms with Crippen molar-refractivity contribution in [2.45, 2.75) is 25.0 Å². The first-order valence-corrected chi connectivity index (χ1v) is 7.09. The summed E-state index contributed by atoms with van der Waals surface area (Å²) in [5.41, 5.74) is 0.670. The van der Waals surface area contributed by atoms with Gasteiger partial charge in [0.1, 0.15) is 5.69 Å². The van der Waals surface area contributed by atoms with Crippen molar-refractivity contribution in [2.24, 2.45) is 0 Å². The Labute approximate surface area is 111 Å². The van der Waals surface area contributed by atoms with Crippen LogP contribution in [0.15, 0.2) is 10.5 Å². The van der Waals surface area contributed by atoms with Crippen molar-refractivity contribution in [2.75, 3.05) is 5.75 Å². The maximum atomic E-state index is 10.6. The molecule has 0 bridgehead atoms. The molecule has 18 heavy (non-hydrogen) atoms. The summed E-state index contributed by atoms with van der Waals surface area (Å²) in [6.07, 6.45) is 0.906. The molecule has 1 N–H and O–H groups in total. The molecule has 2 aromatic heterocycles. The average Bonchev–Trinajstić information content (AvgIpc) is 2.95. The van der Waals surface area contributed by atoms with E-state index in [0.29, 0.717) is 16.7 Å². The highest BCUT2D eigenvalue weighted by Gasteiger charge is 2.16. The second-order valence-corrected chi connectivity index (χ2v) is 4.98. The summed E-state index contributed by atoms with van der Waals surface area (Å²) in [7, 11) is 0. The topological polar surface area (TPSA) is 93.8 Å². The standard InChI is InChI=1S/C9H11N5O2S2/c1-2-3-14-8(6-4-18-13-10-6)11-12-9(14)17-5-7(15)16/h4H,2-3,5H2,1H3,(H,15,16). The van der Waals surface area contributed by atoms with E-state index in [1.165, 1.54) is 11.5 Å². The fourth-order valence-corrected chi connectivity index (χ4v) is 2.52. The number of nitrogens with zero attached hydrogens (tertiary/aromatic N) is 5. The van der Waals surface area contributed by atoms with Crippen LogP contribution in [0.4, 0.5) is 0 Å². The zero-order chi connectivity index (χ0) is 13.0. The molecule has 0 radical (unpaired) electrons. The molecule has 0 saturated heterocycles. The molecule has 9 heteroatoms. The number of hydrogen-bond donors (Lipinski definition) is 1. The van der Waals surface area contributed by atoms with Gasteiger partial charge in [0.2, 0.25) is 0 Å². The number of carboxylic acid groups (broad SMARTS) is 1. The fourth-order valence-electron chi connectivity index (χ4n) is 1.40. The van der Waals surface area contributed by atoms with E-state index in [4.69, 9.17) is 5.11 Å². The van der Waals surface area contributed by atoms with Crippen LogP contribution in [0, 0.1) is 0 Å². The van der Waals surface area contributed by atoms with E-state index in [2.05, 4.69) is 19.8 Å². The Balaban J connectivity index is 2.28. The van der Waals surface area contributed by atoms with Gasteiger partial charge in [-0.05, 0) is 18.0 Å². The van der Waals surface area contributed by atoms with Crippen LogP contribution in [-0.2, 0) is 11.3 Å². The highest BCUT2D eigenvalue weighted by atomic mass is 32.2. The third-order valence-corrected chi connectivity index (χ3v) is 3.53. The lowest BCUT2D eigenvalue weighted by molar-refractivity contribution is -0.133. The Bertz CT molecular complexity index is 525. The van der Waals surface area contributed by atoms with Crippen LogP contribution in [0.5, 0.6) is 0 Å². The van der Waals surface area contributed by atoms with Crippen molar-refractivity contribution in [3.05, 3.63) is 5.38 Å². The van der Waals surface area contributed by atoms with Crippen LogP contribution in [0.25, 0.3) is 11.5 Å². The number of aromatic nitrogens is 5. The Hall–Kier alpha value is -1.48. The average molecular weight is 285 g/mol. The summed E-state index contributed by atoms with van der Waals surface area (Å²) in [5, 5.41) is 23.1. The van der Waals surface area contributed by atoms with Gasteiger partial charge in [-0.25, -0.2) is 0 Å². The Morgan fingerprint density at radius 1 is 1.50 bits per heavy atom. The largest absolute Gasteiger partial charge is 0.481 e. The molecule has 0 unspecified atom stereocenters. The first-order valence-electron chi connectivity index (χ1n) is 5.27. The summed E-state index contributed by atoms with van der Waals surface area (Å²) in [6.45, 7) is 2.76. The molecule has 0 fully saturated rings. The predicted octanol–water partition coefficient (Wildman–Crippen LogP) is 1.38. The van der Waals surface area contributed by atoms with Crippen molar-refractivity contribution in [1.29, 1.82) is 0 Å². The van der Waals surface area contributed by atoms with Gasteiger partial charge >= 0.3 is 5.97 Å². The smallest absolute Gasteiger partial charge is 0.313 e. The van der Waals surface area contributed by atoms with E-state index in [-0.39, 0.29) is 5.75 Å². The zero-order valence-corrected chi connectivity index (χ0v) is 11.2. The number of aliphatic carboxylic acids is 1. The van der Waals surface area contributed by atoms with Crippen LogP contribution < -0.4 is 0 Å². The minimum Gasteiger partial charge on any atom is -0.481 e. The van der Waals surface area contributed by atoms with E-state index in [1.807, 2.05) is 11.5 Å². The van der Waals surface area contributed by atoms with Gasteiger partial charge in [0.15, 0.2) is 11.0 Å². The quantitative estimate of drug-likeness (QED) is 0.801. The van der Waals surface area contributed by atoms with Crippen molar-refractivity contribution in [1.82, 2.24) is 24.4 Å². The monoisotopic (exact) mass is 285 g/mol. The summed E-state index contributed by atoms with van der Waals surface area (Å²) >= 11 is 2.40. The molecule has 0 saturated carbocycles. The Morgan fingerprint density at radius 3 is 2.94 bits per heavy atom. The normalized spacial score (nSPS) is 10.7.